The van der Waals surface area contributed by atoms with Gasteiger partial charge in [-0.25, -0.2) is 17.4 Å². The van der Waals surface area contributed by atoms with Gasteiger partial charge in [-0.3, -0.25) is 4.79 Å². The molecular formula is C20H15F3N2O4S2. The van der Waals surface area contributed by atoms with Gasteiger partial charge in [0.2, 0.25) is 0 Å². The summed E-state index contributed by atoms with van der Waals surface area (Å²) in [5.41, 5.74) is -0.133. The zero-order valence-electron chi connectivity index (χ0n) is 16.0. The predicted octanol–water partition coefficient (Wildman–Crippen LogP) is 4.83. The van der Waals surface area contributed by atoms with Gasteiger partial charge in [0.05, 0.1) is 37.6 Å². The van der Waals surface area contributed by atoms with E-state index in [0.29, 0.717) is 10.2 Å². The number of fused-ring (bicyclic) bond motifs is 2. The number of carboxylic acid groups (broad SMARTS) is 1. The van der Waals surface area contributed by atoms with E-state index >= 15 is 0 Å². The van der Waals surface area contributed by atoms with Gasteiger partial charge in [-0.2, -0.15) is 13.2 Å². The van der Waals surface area contributed by atoms with Crippen LogP contribution in [0, 0.1) is 6.92 Å². The molecule has 162 valence electrons. The molecule has 1 N–H and O–H groups in total. The standard InChI is InChI=1S/C20H15F3N2O4S2/c1-11-24-16-5-4-15(10-18(16)30-11)31(28,29)25-14(3-7-19(26)27)9-12-8-13(20(21,22)23)2-6-17(12)25/h2,4-6,8-10H,3,7H2,1H3,(H,26,27). The van der Waals surface area contributed by atoms with Crippen molar-refractivity contribution < 1.29 is 31.5 Å². The number of alkyl halides is 3. The third-order valence-corrected chi connectivity index (χ3v) is 7.45. The number of aromatic nitrogens is 2. The number of hydrogen-bond acceptors (Lipinski definition) is 5. The van der Waals surface area contributed by atoms with Crippen LogP contribution < -0.4 is 0 Å². The lowest BCUT2D eigenvalue weighted by atomic mass is 10.1. The van der Waals surface area contributed by atoms with Crippen molar-refractivity contribution in [1.82, 2.24) is 8.96 Å². The van der Waals surface area contributed by atoms with E-state index in [1.165, 1.54) is 29.5 Å². The van der Waals surface area contributed by atoms with Crippen LogP contribution in [-0.2, 0) is 27.4 Å². The van der Waals surface area contributed by atoms with E-state index in [1.54, 1.807) is 13.0 Å². The van der Waals surface area contributed by atoms with E-state index in [2.05, 4.69) is 4.98 Å². The topological polar surface area (TPSA) is 89.3 Å². The summed E-state index contributed by atoms with van der Waals surface area (Å²) in [4.78, 5) is 15.3. The van der Waals surface area contributed by atoms with E-state index in [4.69, 9.17) is 5.11 Å². The second-order valence-corrected chi connectivity index (χ2v) is 9.95. The minimum absolute atomic E-state index is 0.0500. The molecule has 6 nitrogen and oxygen atoms in total. The number of halogens is 3. The molecule has 0 unspecified atom stereocenters. The summed E-state index contributed by atoms with van der Waals surface area (Å²) < 4.78 is 67.9. The van der Waals surface area contributed by atoms with Crippen LogP contribution in [0.1, 0.15) is 22.7 Å². The van der Waals surface area contributed by atoms with E-state index in [9.17, 15) is 26.4 Å². The van der Waals surface area contributed by atoms with E-state index in [1.807, 2.05) is 0 Å². The Kier molecular flexibility index (Phi) is 5.05. The highest BCUT2D eigenvalue weighted by Gasteiger charge is 2.32. The SMILES string of the molecule is Cc1nc2ccc(S(=O)(=O)n3c(CCC(=O)O)cc4cc(C(F)(F)F)ccc43)cc2s1. The largest absolute Gasteiger partial charge is 0.481 e. The lowest BCUT2D eigenvalue weighted by Crippen LogP contribution is -2.16. The van der Waals surface area contributed by atoms with Crippen LogP contribution in [0.2, 0.25) is 0 Å². The van der Waals surface area contributed by atoms with Crippen molar-refractivity contribution in [1.29, 1.82) is 0 Å². The molecule has 0 fully saturated rings. The Morgan fingerprint density at radius 3 is 2.58 bits per heavy atom. The molecule has 0 saturated carbocycles. The van der Waals surface area contributed by atoms with Crippen molar-refractivity contribution in [3.05, 3.63) is 58.7 Å². The first kappa shape index (κ1) is 21.3. The molecule has 0 aliphatic carbocycles. The normalized spacial score (nSPS) is 12.6. The van der Waals surface area contributed by atoms with Crippen LogP contribution >= 0.6 is 11.3 Å². The number of aliphatic carboxylic acids is 1. The van der Waals surface area contributed by atoms with Gasteiger partial charge in [0.25, 0.3) is 10.0 Å². The van der Waals surface area contributed by atoms with Crippen LogP contribution in [0.25, 0.3) is 21.1 Å². The number of benzene rings is 2. The molecule has 2 aromatic carbocycles. The summed E-state index contributed by atoms with van der Waals surface area (Å²) >= 11 is 1.32. The average Bonchev–Trinajstić information content (AvgIpc) is 3.23. The fourth-order valence-electron chi connectivity index (χ4n) is 3.40. The summed E-state index contributed by atoms with van der Waals surface area (Å²) in [5.74, 6) is -1.15. The van der Waals surface area contributed by atoms with Crippen LogP contribution in [0.3, 0.4) is 0 Å². The lowest BCUT2D eigenvalue weighted by Gasteiger charge is -2.12. The molecule has 4 aromatic rings. The Morgan fingerprint density at radius 1 is 1.16 bits per heavy atom. The molecule has 0 radical (unpaired) electrons. The molecule has 0 spiro atoms. The van der Waals surface area contributed by atoms with Gasteiger partial charge in [0, 0.05) is 11.1 Å². The summed E-state index contributed by atoms with van der Waals surface area (Å²) in [5, 5.41) is 9.84. The molecule has 4 rings (SSSR count). The van der Waals surface area contributed by atoms with E-state index in [-0.39, 0.29) is 34.3 Å². The maximum atomic E-state index is 13.5. The smallest absolute Gasteiger partial charge is 0.416 e. The van der Waals surface area contributed by atoms with Crippen molar-refractivity contribution in [3.8, 4) is 0 Å². The second kappa shape index (κ2) is 7.34. The van der Waals surface area contributed by atoms with Gasteiger partial charge in [-0.1, -0.05) is 0 Å². The zero-order valence-corrected chi connectivity index (χ0v) is 17.6. The van der Waals surface area contributed by atoms with Gasteiger partial charge in [-0.15, -0.1) is 11.3 Å². The first-order valence-corrected chi connectivity index (χ1v) is 11.3. The van der Waals surface area contributed by atoms with Crippen LogP contribution in [0.5, 0.6) is 0 Å². The second-order valence-electron chi connectivity index (χ2n) is 6.93. The highest BCUT2D eigenvalue weighted by Crippen LogP contribution is 2.34. The van der Waals surface area contributed by atoms with Crippen LogP contribution in [0.4, 0.5) is 13.2 Å². The van der Waals surface area contributed by atoms with Crippen molar-refractivity contribution >= 4 is 48.4 Å². The zero-order chi connectivity index (χ0) is 22.6. The highest BCUT2D eigenvalue weighted by molar-refractivity contribution is 7.90. The van der Waals surface area contributed by atoms with E-state index in [0.717, 1.165) is 27.2 Å². The molecule has 2 heterocycles. The Morgan fingerprint density at radius 2 is 1.90 bits per heavy atom. The van der Waals surface area contributed by atoms with Crippen molar-refractivity contribution in [2.75, 3.05) is 0 Å². The third-order valence-electron chi connectivity index (χ3n) is 4.76. The monoisotopic (exact) mass is 468 g/mol. The average molecular weight is 468 g/mol. The summed E-state index contributed by atoms with van der Waals surface area (Å²) in [6, 6.07) is 8.47. The summed E-state index contributed by atoms with van der Waals surface area (Å²) in [7, 11) is -4.21. The molecule has 0 aliphatic rings. The maximum absolute atomic E-state index is 13.5. The lowest BCUT2D eigenvalue weighted by molar-refractivity contribution is -0.138. The van der Waals surface area contributed by atoms with Gasteiger partial charge >= 0.3 is 12.1 Å². The maximum Gasteiger partial charge on any atom is 0.416 e. The molecular weight excluding hydrogens is 453 g/mol. The van der Waals surface area contributed by atoms with Gasteiger partial charge in [0.15, 0.2) is 0 Å². The number of hydrogen-bond donors (Lipinski definition) is 1. The number of rotatable bonds is 5. The quantitative estimate of drug-likeness (QED) is 0.453. The molecule has 0 atom stereocenters. The predicted molar refractivity (Wildman–Crippen MR) is 110 cm³/mol. The molecule has 0 saturated heterocycles. The van der Waals surface area contributed by atoms with Crippen molar-refractivity contribution in [2.24, 2.45) is 0 Å². The number of carbonyl (C=O) groups is 1. The Labute approximate surface area is 178 Å². The number of nitrogens with zero attached hydrogens (tertiary/aromatic N) is 2. The fraction of sp³-hybridized carbons (Fsp3) is 0.200. The van der Waals surface area contributed by atoms with E-state index < -0.39 is 27.7 Å². The summed E-state index contributed by atoms with van der Waals surface area (Å²) in [6.07, 6.45) is -5.12. The number of carboxylic acids is 1. The molecule has 0 amide bonds. The molecule has 2 aromatic heterocycles. The molecule has 0 aliphatic heterocycles. The minimum atomic E-state index is -4.59. The number of thiazole rings is 1. The Bertz CT molecular complexity index is 1440. The van der Waals surface area contributed by atoms with Gasteiger partial charge < -0.3 is 5.11 Å². The number of aryl methyl sites for hydroxylation is 2. The first-order valence-electron chi connectivity index (χ1n) is 9.03. The first-order chi connectivity index (χ1) is 14.5. The molecule has 0 bridgehead atoms. The highest BCUT2D eigenvalue weighted by atomic mass is 32.2. The fourth-order valence-corrected chi connectivity index (χ4v) is 5.94. The molecule has 11 heteroatoms. The van der Waals surface area contributed by atoms with Crippen LogP contribution in [0.15, 0.2) is 47.4 Å². The minimum Gasteiger partial charge on any atom is -0.481 e. The third kappa shape index (κ3) is 3.90. The van der Waals surface area contributed by atoms with Crippen molar-refractivity contribution in [2.45, 2.75) is 30.8 Å². The van der Waals surface area contributed by atoms with Crippen LogP contribution in [-0.4, -0.2) is 28.5 Å². The Hall–Kier alpha value is -2.92. The summed E-state index contributed by atoms with van der Waals surface area (Å²) in [6.45, 7) is 1.79. The van der Waals surface area contributed by atoms with Crippen molar-refractivity contribution in [3.63, 3.8) is 0 Å². The Balaban J connectivity index is 1.93. The van der Waals surface area contributed by atoms with Gasteiger partial charge in [0.1, 0.15) is 0 Å². The van der Waals surface area contributed by atoms with Gasteiger partial charge in [-0.05, 0) is 55.8 Å². The molecule has 31 heavy (non-hydrogen) atoms.